The summed E-state index contributed by atoms with van der Waals surface area (Å²) in [5.41, 5.74) is 9.26. The Balaban J connectivity index is 1.75. The molecule has 10 heteroatoms. The Bertz CT molecular complexity index is 1100. The highest BCUT2D eigenvalue weighted by Crippen LogP contribution is 2.44. The minimum Gasteiger partial charge on any atom is -0.598 e. The van der Waals surface area contributed by atoms with Crippen LogP contribution >= 0.6 is 0 Å². The molecule has 1 unspecified atom stereocenters. The normalized spacial score (nSPS) is 22.9. The predicted octanol–water partition coefficient (Wildman–Crippen LogP) is 6.68. The van der Waals surface area contributed by atoms with E-state index >= 15 is 0 Å². The quantitative estimate of drug-likeness (QED) is 0.179. The molecular weight excluding hydrogens is 522 g/mol. The molecule has 0 radical (unpaired) electrons. The topological polar surface area (TPSA) is 88.2 Å². The van der Waals surface area contributed by atoms with Crippen LogP contribution in [0.15, 0.2) is 18.2 Å². The van der Waals surface area contributed by atoms with Crippen molar-refractivity contribution in [2.75, 3.05) is 6.61 Å². The van der Waals surface area contributed by atoms with Gasteiger partial charge in [0.15, 0.2) is 0 Å². The Kier molecular flexibility index (Phi) is 9.01. The van der Waals surface area contributed by atoms with Crippen molar-refractivity contribution in [1.82, 2.24) is 14.3 Å². The van der Waals surface area contributed by atoms with E-state index in [0.717, 1.165) is 35.5 Å². The molecule has 38 heavy (non-hydrogen) atoms. The van der Waals surface area contributed by atoms with Crippen LogP contribution in [0.5, 0.6) is 0 Å². The lowest BCUT2D eigenvalue weighted by atomic mass is 9.81. The number of nitrogens with two attached hydrogens (primary N) is 1. The van der Waals surface area contributed by atoms with Gasteiger partial charge in [-0.15, -0.1) is 4.72 Å². The number of hydrogen-bond donors (Lipinski definition) is 2. The zero-order chi connectivity index (χ0) is 27.9. The highest BCUT2D eigenvalue weighted by atomic mass is 32.2. The number of aromatic nitrogens is 2. The van der Waals surface area contributed by atoms with Gasteiger partial charge in [0.05, 0.1) is 11.0 Å². The molecule has 0 bridgehead atoms. The van der Waals surface area contributed by atoms with Crippen LogP contribution in [-0.4, -0.2) is 39.5 Å². The van der Waals surface area contributed by atoms with E-state index in [-0.39, 0.29) is 25.6 Å². The molecule has 0 aliphatic heterocycles. The van der Waals surface area contributed by atoms with Crippen molar-refractivity contribution in [3.8, 4) is 0 Å². The number of rotatable bonds is 11. The average Bonchev–Trinajstić information content (AvgIpc) is 3.59. The first-order chi connectivity index (χ1) is 17.6. The van der Waals surface area contributed by atoms with E-state index in [4.69, 9.17) is 15.5 Å². The predicted molar refractivity (Wildman–Crippen MR) is 154 cm³/mol. The van der Waals surface area contributed by atoms with Crippen molar-refractivity contribution < 1.29 is 18.1 Å². The summed E-state index contributed by atoms with van der Waals surface area (Å²) >= 11 is -1.46. The number of benzene rings is 1. The van der Waals surface area contributed by atoms with Gasteiger partial charge < -0.3 is 19.6 Å². The summed E-state index contributed by atoms with van der Waals surface area (Å²) in [6, 6.07) is 6.50. The molecule has 2 saturated carbocycles. The minimum absolute atomic E-state index is 0.0293. The average molecular weight is 569 g/mol. The molecule has 4 rings (SSSR count). The van der Waals surface area contributed by atoms with Crippen LogP contribution in [0, 0.1) is 11.8 Å². The van der Waals surface area contributed by atoms with Crippen molar-refractivity contribution in [3.05, 3.63) is 29.6 Å². The number of imidazole rings is 1. The zero-order valence-corrected chi connectivity index (χ0v) is 25.7. The lowest BCUT2D eigenvalue weighted by molar-refractivity contribution is -0.0580. The second-order valence-corrected chi connectivity index (χ2v) is 21.2. The van der Waals surface area contributed by atoms with E-state index in [2.05, 4.69) is 30.4 Å². The molecule has 6 nitrogen and oxygen atoms in total. The standard InChI is InChI=1S/C28H46F2N4O2SSi/c1-27(2,3)37(35)33-25(21-8-7-13-28(29,30)17-21)26-32-22-12-11-20(24(31)19-9-10-19)16-23(22)34(26)18-36-14-15-38(4,5)6/h11-12,16,19,21,24-25,33H,7-10,13-15,17-18,31H2,1-6H3/t21-,24-,25+,37?/m1/s1. The number of alkyl halides is 2. The largest absolute Gasteiger partial charge is 0.598 e. The monoisotopic (exact) mass is 568 g/mol. The van der Waals surface area contributed by atoms with Gasteiger partial charge in [0.1, 0.15) is 23.3 Å². The number of ether oxygens (including phenoxy) is 1. The van der Waals surface area contributed by atoms with Gasteiger partial charge in [-0.2, -0.15) is 0 Å². The number of nitrogens with one attached hydrogen (secondary N) is 1. The molecule has 3 N–H and O–H groups in total. The third-order valence-electron chi connectivity index (χ3n) is 7.75. The maximum Gasteiger partial charge on any atom is 0.248 e. The number of fused-ring (bicyclic) bond motifs is 1. The van der Waals surface area contributed by atoms with Crippen molar-refractivity contribution in [2.24, 2.45) is 17.6 Å². The van der Waals surface area contributed by atoms with Crippen LogP contribution in [-0.2, 0) is 22.8 Å². The van der Waals surface area contributed by atoms with Crippen molar-refractivity contribution in [2.45, 2.75) is 114 Å². The second-order valence-electron chi connectivity index (χ2n) is 13.5. The lowest BCUT2D eigenvalue weighted by Crippen LogP contribution is -2.45. The Hall–Kier alpha value is -1.04. The smallest absolute Gasteiger partial charge is 0.248 e. The van der Waals surface area contributed by atoms with Gasteiger partial charge in [0, 0.05) is 44.9 Å². The molecule has 214 valence electrons. The van der Waals surface area contributed by atoms with Crippen LogP contribution in [0.4, 0.5) is 8.78 Å². The van der Waals surface area contributed by atoms with Crippen LogP contribution in [0.2, 0.25) is 25.7 Å². The SMILES string of the molecule is CC(C)(C)[S+]([O-])N[C@H](c1nc2ccc([C@H](N)C3CC3)cc2n1COCC[Si](C)(C)C)[C@@H]1CCCC(F)(F)C1. The Labute approximate surface area is 230 Å². The van der Waals surface area contributed by atoms with E-state index in [9.17, 15) is 13.3 Å². The molecule has 2 aliphatic rings. The zero-order valence-electron chi connectivity index (χ0n) is 23.9. The molecule has 2 fully saturated rings. The van der Waals surface area contributed by atoms with E-state index in [0.29, 0.717) is 31.2 Å². The van der Waals surface area contributed by atoms with Gasteiger partial charge in [-0.25, -0.2) is 13.8 Å². The number of halogens is 2. The Morgan fingerprint density at radius 2 is 1.95 bits per heavy atom. The Morgan fingerprint density at radius 1 is 1.24 bits per heavy atom. The molecule has 1 aromatic heterocycles. The van der Waals surface area contributed by atoms with E-state index in [1.807, 2.05) is 37.5 Å². The summed E-state index contributed by atoms with van der Waals surface area (Å²) in [4.78, 5) is 4.97. The first kappa shape index (κ1) is 29.9. The van der Waals surface area contributed by atoms with Crippen molar-refractivity contribution in [3.63, 3.8) is 0 Å². The van der Waals surface area contributed by atoms with E-state index < -0.39 is 42.1 Å². The first-order valence-corrected chi connectivity index (χ1v) is 18.9. The van der Waals surface area contributed by atoms with Gasteiger partial charge in [-0.05, 0) is 82.0 Å². The molecule has 0 saturated heterocycles. The molecule has 1 aromatic carbocycles. The Morgan fingerprint density at radius 3 is 2.55 bits per heavy atom. The van der Waals surface area contributed by atoms with Crippen molar-refractivity contribution in [1.29, 1.82) is 0 Å². The van der Waals surface area contributed by atoms with Gasteiger partial charge in [0.2, 0.25) is 5.92 Å². The minimum atomic E-state index is -2.74. The number of nitrogens with zero attached hydrogens (tertiary/aromatic N) is 2. The van der Waals surface area contributed by atoms with Gasteiger partial charge in [-0.1, -0.05) is 25.7 Å². The lowest BCUT2D eigenvalue weighted by Gasteiger charge is -2.36. The van der Waals surface area contributed by atoms with E-state index in [1.165, 1.54) is 0 Å². The third-order valence-corrected chi connectivity index (χ3v) is 11.0. The molecule has 2 aromatic rings. The van der Waals surface area contributed by atoms with Gasteiger partial charge in [0.25, 0.3) is 0 Å². The molecular formula is C28H46F2N4O2SSi. The summed E-state index contributed by atoms with van der Waals surface area (Å²) in [6.45, 7) is 13.5. The van der Waals surface area contributed by atoms with Gasteiger partial charge in [-0.3, -0.25) is 0 Å². The fraction of sp³-hybridized carbons (Fsp3) is 0.750. The maximum absolute atomic E-state index is 14.6. The first-order valence-electron chi connectivity index (χ1n) is 14.0. The highest BCUT2D eigenvalue weighted by molar-refractivity contribution is 7.90. The molecule has 2 aliphatic carbocycles. The number of hydrogen-bond acceptors (Lipinski definition) is 5. The highest BCUT2D eigenvalue weighted by Gasteiger charge is 2.44. The molecule has 0 spiro atoms. The van der Waals surface area contributed by atoms with Crippen LogP contribution in [0.25, 0.3) is 11.0 Å². The third kappa shape index (κ3) is 7.57. The van der Waals surface area contributed by atoms with Crippen molar-refractivity contribution >= 4 is 30.5 Å². The maximum atomic E-state index is 14.6. The summed E-state index contributed by atoms with van der Waals surface area (Å²) in [7, 11) is -1.29. The summed E-state index contributed by atoms with van der Waals surface area (Å²) in [5.74, 6) is -2.01. The molecule has 1 heterocycles. The van der Waals surface area contributed by atoms with Gasteiger partial charge >= 0.3 is 0 Å². The summed E-state index contributed by atoms with van der Waals surface area (Å²) in [5, 5.41) is 0. The second kappa shape index (κ2) is 11.4. The summed E-state index contributed by atoms with van der Waals surface area (Å²) < 4.78 is 53.4. The fourth-order valence-electron chi connectivity index (χ4n) is 5.15. The van der Waals surface area contributed by atoms with Crippen LogP contribution < -0.4 is 10.5 Å². The van der Waals surface area contributed by atoms with Crippen LogP contribution in [0.1, 0.15) is 82.8 Å². The molecule has 0 amide bonds. The van der Waals surface area contributed by atoms with Crippen LogP contribution in [0.3, 0.4) is 0 Å². The summed E-state index contributed by atoms with van der Waals surface area (Å²) in [6.07, 6.45) is 3.01. The van der Waals surface area contributed by atoms with E-state index in [1.54, 1.807) is 0 Å². The fourth-order valence-corrected chi connectivity index (χ4v) is 6.79. The molecule has 4 atom stereocenters.